The van der Waals surface area contributed by atoms with Gasteiger partial charge < -0.3 is 5.32 Å². The van der Waals surface area contributed by atoms with Crippen LogP contribution in [0.5, 0.6) is 0 Å². The van der Waals surface area contributed by atoms with E-state index in [1.54, 1.807) is 11.3 Å². The maximum atomic E-state index is 4.55. The summed E-state index contributed by atoms with van der Waals surface area (Å²) in [6.07, 6.45) is 1.85. The van der Waals surface area contributed by atoms with Gasteiger partial charge in [-0.25, -0.2) is 4.98 Å². The van der Waals surface area contributed by atoms with Crippen LogP contribution in [0.15, 0.2) is 55.1 Å². The second-order valence-electron chi connectivity index (χ2n) is 4.29. The van der Waals surface area contributed by atoms with E-state index in [4.69, 9.17) is 0 Å². The number of fused-ring (bicyclic) bond motifs is 1. The highest BCUT2D eigenvalue weighted by Gasteiger charge is 2.02. The van der Waals surface area contributed by atoms with Crippen molar-refractivity contribution < 1.29 is 0 Å². The fourth-order valence-electron chi connectivity index (χ4n) is 1.90. The Bertz CT molecular complexity index is 665. The van der Waals surface area contributed by atoms with Gasteiger partial charge in [-0.1, -0.05) is 60.4 Å². The highest BCUT2D eigenvalue weighted by molar-refractivity contribution is 7.22. The van der Waals surface area contributed by atoms with Crippen LogP contribution >= 0.6 is 11.3 Å². The number of thiazole rings is 1. The van der Waals surface area contributed by atoms with Crippen molar-refractivity contribution in [3.8, 4) is 0 Å². The highest BCUT2D eigenvalue weighted by atomic mass is 32.1. The number of nitrogens with zero attached hydrogens (tertiary/aromatic N) is 1. The van der Waals surface area contributed by atoms with Gasteiger partial charge in [-0.2, -0.15) is 0 Å². The molecule has 0 radical (unpaired) electrons. The molecule has 0 aliphatic carbocycles. The highest BCUT2D eigenvalue weighted by Crippen LogP contribution is 2.25. The molecule has 3 aromatic rings. The van der Waals surface area contributed by atoms with Gasteiger partial charge in [0.1, 0.15) is 0 Å². The molecule has 0 unspecified atom stereocenters. The third-order valence-corrected chi connectivity index (χ3v) is 3.95. The average Bonchev–Trinajstić information content (AvgIpc) is 2.88. The monoisotopic (exact) mass is 266 g/mol. The van der Waals surface area contributed by atoms with Gasteiger partial charge in [-0.05, 0) is 23.3 Å². The van der Waals surface area contributed by atoms with E-state index in [1.165, 1.54) is 10.3 Å². The minimum absolute atomic E-state index is 0.789. The van der Waals surface area contributed by atoms with Crippen molar-refractivity contribution in [1.82, 2.24) is 4.98 Å². The summed E-state index contributed by atoms with van der Waals surface area (Å²) in [7, 11) is 0. The van der Waals surface area contributed by atoms with E-state index >= 15 is 0 Å². The molecule has 19 heavy (non-hydrogen) atoms. The van der Waals surface area contributed by atoms with E-state index in [2.05, 4.69) is 47.2 Å². The second-order valence-corrected chi connectivity index (χ2v) is 5.32. The normalized spacial score (nSPS) is 10.5. The van der Waals surface area contributed by atoms with Crippen molar-refractivity contribution in [2.75, 3.05) is 5.32 Å². The van der Waals surface area contributed by atoms with Crippen LogP contribution in [0.4, 0.5) is 5.13 Å². The lowest BCUT2D eigenvalue weighted by atomic mass is 10.1. The summed E-state index contributed by atoms with van der Waals surface area (Å²) in [5, 5.41) is 4.34. The Balaban J connectivity index is 1.72. The van der Waals surface area contributed by atoms with Crippen molar-refractivity contribution in [2.45, 2.75) is 6.54 Å². The smallest absolute Gasteiger partial charge is 0.184 e. The van der Waals surface area contributed by atoms with Gasteiger partial charge in [-0.15, -0.1) is 0 Å². The minimum atomic E-state index is 0.789. The van der Waals surface area contributed by atoms with Gasteiger partial charge >= 0.3 is 0 Å². The number of nitrogens with one attached hydrogen (secondary N) is 1. The number of anilines is 1. The van der Waals surface area contributed by atoms with Crippen LogP contribution in [0, 0.1) is 0 Å². The molecule has 3 rings (SSSR count). The zero-order valence-electron chi connectivity index (χ0n) is 10.5. The molecular formula is C16H14N2S. The van der Waals surface area contributed by atoms with Gasteiger partial charge in [0, 0.05) is 6.54 Å². The van der Waals surface area contributed by atoms with Crippen LogP contribution in [0.2, 0.25) is 0 Å². The average molecular weight is 266 g/mol. The van der Waals surface area contributed by atoms with E-state index < -0.39 is 0 Å². The lowest BCUT2D eigenvalue weighted by molar-refractivity contribution is 1.14. The van der Waals surface area contributed by atoms with Crippen molar-refractivity contribution in [3.05, 3.63) is 66.2 Å². The van der Waals surface area contributed by atoms with E-state index in [-0.39, 0.29) is 0 Å². The molecule has 0 bridgehead atoms. The van der Waals surface area contributed by atoms with Gasteiger partial charge in [0.05, 0.1) is 10.2 Å². The third-order valence-electron chi connectivity index (χ3n) is 2.95. The maximum Gasteiger partial charge on any atom is 0.184 e. The lowest BCUT2D eigenvalue weighted by Gasteiger charge is -2.03. The molecule has 3 heteroatoms. The molecule has 2 nitrogen and oxygen atoms in total. The summed E-state index contributed by atoms with van der Waals surface area (Å²) in [6, 6.07) is 16.5. The van der Waals surface area contributed by atoms with Gasteiger partial charge in [0.2, 0.25) is 0 Å². The third kappa shape index (κ3) is 2.66. The molecule has 94 valence electrons. The van der Waals surface area contributed by atoms with Gasteiger partial charge in [-0.3, -0.25) is 0 Å². The number of hydrogen-bond acceptors (Lipinski definition) is 3. The molecule has 0 amide bonds. The van der Waals surface area contributed by atoms with E-state index in [0.29, 0.717) is 0 Å². The molecule has 1 N–H and O–H groups in total. The predicted molar refractivity (Wildman–Crippen MR) is 83.5 cm³/mol. The first-order valence-corrected chi connectivity index (χ1v) is 6.97. The standard InChI is InChI=1S/C16H14N2S/c1-2-12-7-9-13(10-8-12)11-17-16-18-14-5-3-4-6-15(14)19-16/h2-10H,1,11H2,(H,17,18). The fourth-order valence-corrected chi connectivity index (χ4v) is 2.76. The molecule has 0 aliphatic rings. The van der Waals surface area contributed by atoms with Crippen LogP contribution in [0.25, 0.3) is 16.3 Å². The van der Waals surface area contributed by atoms with Crippen molar-refractivity contribution in [1.29, 1.82) is 0 Å². The summed E-state index contributed by atoms with van der Waals surface area (Å²) >= 11 is 1.69. The van der Waals surface area contributed by atoms with Crippen LogP contribution in [-0.2, 0) is 6.54 Å². The minimum Gasteiger partial charge on any atom is -0.357 e. The molecular weight excluding hydrogens is 252 g/mol. The summed E-state index contributed by atoms with van der Waals surface area (Å²) in [5.74, 6) is 0. The van der Waals surface area contributed by atoms with E-state index in [1.807, 2.05) is 24.3 Å². The second kappa shape index (κ2) is 5.24. The van der Waals surface area contributed by atoms with Crippen LogP contribution in [0.1, 0.15) is 11.1 Å². The number of rotatable bonds is 4. The van der Waals surface area contributed by atoms with Crippen molar-refractivity contribution in [3.63, 3.8) is 0 Å². The van der Waals surface area contributed by atoms with Crippen LogP contribution in [-0.4, -0.2) is 4.98 Å². The summed E-state index contributed by atoms with van der Waals surface area (Å²) < 4.78 is 1.21. The van der Waals surface area contributed by atoms with E-state index in [9.17, 15) is 0 Å². The van der Waals surface area contributed by atoms with E-state index in [0.717, 1.165) is 22.8 Å². The van der Waals surface area contributed by atoms with Crippen molar-refractivity contribution in [2.24, 2.45) is 0 Å². The maximum absolute atomic E-state index is 4.55. The van der Waals surface area contributed by atoms with Crippen molar-refractivity contribution >= 4 is 32.8 Å². The molecule has 0 atom stereocenters. The first-order valence-electron chi connectivity index (χ1n) is 6.16. The first-order chi connectivity index (χ1) is 9.35. The van der Waals surface area contributed by atoms with Crippen LogP contribution in [0.3, 0.4) is 0 Å². The Morgan fingerprint density at radius 3 is 2.63 bits per heavy atom. The molecule has 0 spiro atoms. The molecule has 2 aromatic carbocycles. The Labute approximate surface area is 116 Å². The molecule has 0 aliphatic heterocycles. The predicted octanol–water partition coefficient (Wildman–Crippen LogP) is 4.55. The zero-order valence-corrected chi connectivity index (χ0v) is 11.3. The number of hydrogen-bond donors (Lipinski definition) is 1. The molecule has 0 saturated carbocycles. The van der Waals surface area contributed by atoms with Crippen LogP contribution < -0.4 is 5.32 Å². The zero-order chi connectivity index (χ0) is 13.1. The topological polar surface area (TPSA) is 24.9 Å². The first kappa shape index (κ1) is 11.9. The number of benzene rings is 2. The lowest BCUT2D eigenvalue weighted by Crippen LogP contribution is -1.98. The molecule has 1 aromatic heterocycles. The Morgan fingerprint density at radius 1 is 1.11 bits per heavy atom. The number of aromatic nitrogens is 1. The molecule has 0 saturated heterocycles. The SMILES string of the molecule is C=Cc1ccc(CNc2nc3ccccc3s2)cc1. The summed E-state index contributed by atoms with van der Waals surface area (Å²) in [4.78, 5) is 4.55. The summed E-state index contributed by atoms with van der Waals surface area (Å²) in [6.45, 7) is 4.54. The Hall–Kier alpha value is -2.13. The summed E-state index contributed by atoms with van der Waals surface area (Å²) in [5.41, 5.74) is 3.44. The molecule has 0 fully saturated rings. The van der Waals surface area contributed by atoms with Gasteiger partial charge in [0.25, 0.3) is 0 Å². The van der Waals surface area contributed by atoms with Gasteiger partial charge in [0.15, 0.2) is 5.13 Å². The number of para-hydroxylation sites is 1. The molecule has 1 heterocycles. The Kier molecular flexibility index (Phi) is 3.29. The fraction of sp³-hybridized carbons (Fsp3) is 0.0625. The Morgan fingerprint density at radius 2 is 1.89 bits per heavy atom. The quantitative estimate of drug-likeness (QED) is 0.749. The largest absolute Gasteiger partial charge is 0.357 e.